The van der Waals surface area contributed by atoms with Crippen molar-refractivity contribution in [3.8, 4) is 5.75 Å². The molecule has 0 spiro atoms. The molecule has 2 atom stereocenters. The van der Waals surface area contributed by atoms with E-state index in [0.717, 1.165) is 47.3 Å². The van der Waals surface area contributed by atoms with Crippen LogP contribution in [0.2, 0.25) is 0 Å². The van der Waals surface area contributed by atoms with Crippen LogP contribution in [0.4, 0.5) is 15.5 Å². The van der Waals surface area contributed by atoms with Crippen LogP contribution >= 0.6 is 11.5 Å². The Morgan fingerprint density at radius 3 is 2.65 bits per heavy atom. The quantitative estimate of drug-likeness (QED) is 0.620. The molecule has 2 aromatic heterocycles. The van der Waals surface area contributed by atoms with Crippen molar-refractivity contribution in [1.82, 2.24) is 14.7 Å². The van der Waals surface area contributed by atoms with Crippen LogP contribution < -0.4 is 20.3 Å². The maximum Gasteiger partial charge on any atom is 0.320 e. The SMILES string of the molecule is COc1ccc(C2CN(c3ccnc(C)c3)CCC2NC(=O)Nc2cc(C)ns2)cc1. The number of carbonyl (C=O) groups excluding carboxylic acids is 1. The summed E-state index contributed by atoms with van der Waals surface area (Å²) >= 11 is 1.29. The average molecular weight is 438 g/mol. The van der Waals surface area contributed by atoms with Crippen LogP contribution in [0.5, 0.6) is 5.75 Å². The number of benzene rings is 1. The van der Waals surface area contributed by atoms with E-state index in [1.807, 2.05) is 44.3 Å². The first kappa shape index (κ1) is 21.1. The highest BCUT2D eigenvalue weighted by atomic mass is 32.1. The summed E-state index contributed by atoms with van der Waals surface area (Å²) in [5, 5.41) is 6.86. The predicted molar refractivity (Wildman–Crippen MR) is 124 cm³/mol. The second-order valence-electron chi connectivity index (χ2n) is 7.81. The Morgan fingerprint density at radius 1 is 1.16 bits per heavy atom. The van der Waals surface area contributed by atoms with Crippen molar-refractivity contribution in [3.05, 3.63) is 65.6 Å². The first-order chi connectivity index (χ1) is 15.0. The highest BCUT2D eigenvalue weighted by molar-refractivity contribution is 7.10. The van der Waals surface area contributed by atoms with Gasteiger partial charge in [-0.25, -0.2) is 4.79 Å². The molecule has 1 saturated heterocycles. The van der Waals surface area contributed by atoms with Crippen molar-refractivity contribution in [1.29, 1.82) is 0 Å². The van der Waals surface area contributed by atoms with Gasteiger partial charge in [-0.1, -0.05) is 12.1 Å². The van der Waals surface area contributed by atoms with Crippen LogP contribution in [-0.2, 0) is 0 Å². The molecular weight excluding hydrogens is 410 g/mol. The summed E-state index contributed by atoms with van der Waals surface area (Å²) in [6, 6.07) is 14.0. The zero-order valence-corrected chi connectivity index (χ0v) is 18.8. The highest BCUT2D eigenvalue weighted by Gasteiger charge is 2.32. The molecule has 2 amide bonds. The Bertz CT molecular complexity index is 1040. The van der Waals surface area contributed by atoms with Crippen LogP contribution in [0.25, 0.3) is 0 Å². The second kappa shape index (κ2) is 9.34. The van der Waals surface area contributed by atoms with E-state index in [1.54, 1.807) is 7.11 Å². The maximum atomic E-state index is 12.7. The Kier molecular flexibility index (Phi) is 6.36. The molecule has 1 aromatic carbocycles. The molecule has 7 nitrogen and oxygen atoms in total. The van der Waals surface area contributed by atoms with E-state index in [1.165, 1.54) is 17.1 Å². The molecule has 31 heavy (non-hydrogen) atoms. The summed E-state index contributed by atoms with van der Waals surface area (Å²) in [5.41, 5.74) is 4.24. The van der Waals surface area contributed by atoms with Crippen molar-refractivity contribution in [3.63, 3.8) is 0 Å². The van der Waals surface area contributed by atoms with Crippen LogP contribution in [0, 0.1) is 13.8 Å². The number of aromatic nitrogens is 2. The standard InChI is InChI=1S/C23H27N5O2S/c1-15-12-18(8-10-24-15)28-11-9-21(25-23(29)26-22-13-16(2)27-31-22)20(14-28)17-4-6-19(30-3)7-5-17/h4-8,10,12-13,20-21H,9,11,14H2,1-3H3,(H2,25,26,29). The summed E-state index contributed by atoms with van der Waals surface area (Å²) < 4.78 is 9.54. The number of carbonyl (C=O) groups is 1. The van der Waals surface area contributed by atoms with Gasteiger partial charge in [-0.15, -0.1) is 0 Å². The van der Waals surface area contributed by atoms with Crippen LogP contribution in [0.3, 0.4) is 0 Å². The van der Waals surface area contributed by atoms with Gasteiger partial charge in [0.05, 0.1) is 12.8 Å². The van der Waals surface area contributed by atoms with Crippen molar-refractivity contribution in [2.24, 2.45) is 0 Å². The third kappa shape index (κ3) is 5.14. The Labute approximate surface area is 186 Å². The number of anilines is 2. The second-order valence-corrected chi connectivity index (χ2v) is 8.61. The third-order valence-electron chi connectivity index (χ3n) is 5.58. The fourth-order valence-corrected chi connectivity index (χ4v) is 4.67. The number of methoxy groups -OCH3 is 1. The van der Waals surface area contributed by atoms with Crippen molar-refractivity contribution < 1.29 is 9.53 Å². The summed E-state index contributed by atoms with van der Waals surface area (Å²) in [4.78, 5) is 19.4. The largest absolute Gasteiger partial charge is 0.497 e. The monoisotopic (exact) mass is 437 g/mol. The lowest BCUT2D eigenvalue weighted by Gasteiger charge is -2.40. The van der Waals surface area contributed by atoms with Gasteiger partial charge in [-0.05, 0) is 67.7 Å². The minimum atomic E-state index is -0.194. The normalized spacial score (nSPS) is 18.5. The number of hydrogen-bond donors (Lipinski definition) is 2. The van der Waals surface area contributed by atoms with Gasteiger partial charge in [0, 0.05) is 42.6 Å². The van der Waals surface area contributed by atoms with Gasteiger partial charge >= 0.3 is 6.03 Å². The number of amides is 2. The first-order valence-electron chi connectivity index (χ1n) is 10.3. The van der Waals surface area contributed by atoms with Gasteiger partial charge < -0.3 is 15.0 Å². The number of aryl methyl sites for hydroxylation is 2. The number of nitrogens with zero attached hydrogens (tertiary/aromatic N) is 3. The van der Waals surface area contributed by atoms with Crippen LogP contribution in [-0.4, -0.2) is 41.6 Å². The smallest absolute Gasteiger partial charge is 0.320 e. The molecule has 1 aliphatic rings. The van der Waals surface area contributed by atoms with Crippen molar-refractivity contribution in [2.45, 2.75) is 32.2 Å². The van der Waals surface area contributed by atoms with E-state index in [4.69, 9.17) is 4.74 Å². The molecule has 0 radical (unpaired) electrons. The minimum Gasteiger partial charge on any atom is -0.497 e. The lowest BCUT2D eigenvalue weighted by Crippen LogP contribution is -2.50. The third-order valence-corrected chi connectivity index (χ3v) is 6.38. The lowest BCUT2D eigenvalue weighted by atomic mass is 9.85. The number of urea groups is 1. The average Bonchev–Trinajstić information content (AvgIpc) is 3.18. The van der Waals surface area contributed by atoms with Crippen molar-refractivity contribution >= 4 is 28.3 Å². The van der Waals surface area contributed by atoms with E-state index in [-0.39, 0.29) is 18.0 Å². The molecule has 1 fully saturated rings. The van der Waals surface area contributed by atoms with Crippen LogP contribution in [0.1, 0.15) is 29.3 Å². The number of pyridine rings is 1. The van der Waals surface area contributed by atoms with E-state index >= 15 is 0 Å². The summed E-state index contributed by atoms with van der Waals surface area (Å²) in [6.07, 6.45) is 2.69. The van der Waals surface area contributed by atoms with Gasteiger partial charge in [0.1, 0.15) is 10.8 Å². The number of ether oxygens (including phenoxy) is 1. The highest BCUT2D eigenvalue weighted by Crippen LogP contribution is 2.31. The molecular formula is C23H27N5O2S. The lowest BCUT2D eigenvalue weighted by molar-refractivity contribution is 0.243. The molecule has 2 N–H and O–H groups in total. The minimum absolute atomic E-state index is 0.0154. The molecule has 8 heteroatoms. The molecule has 1 aliphatic heterocycles. The van der Waals surface area contributed by atoms with Gasteiger partial charge in [-0.2, -0.15) is 4.37 Å². The number of hydrogen-bond acceptors (Lipinski definition) is 6. The molecule has 3 aromatic rings. The van der Waals surface area contributed by atoms with Gasteiger partial charge in [0.15, 0.2) is 0 Å². The zero-order chi connectivity index (χ0) is 21.8. The Balaban J connectivity index is 1.53. The van der Waals surface area contributed by atoms with Gasteiger partial charge in [0.2, 0.25) is 0 Å². The Morgan fingerprint density at radius 2 is 1.97 bits per heavy atom. The Hall–Kier alpha value is -3.13. The molecule has 3 heterocycles. The molecule has 0 aliphatic carbocycles. The van der Waals surface area contributed by atoms with E-state index < -0.39 is 0 Å². The number of nitrogens with one attached hydrogen (secondary N) is 2. The summed E-state index contributed by atoms with van der Waals surface area (Å²) in [7, 11) is 1.67. The molecule has 162 valence electrons. The number of rotatable bonds is 5. The zero-order valence-electron chi connectivity index (χ0n) is 18.0. The number of piperidine rings is 1. The van der Waals surface area contributed by atoms with Gasteiger partial charge in [-0.3, -0.25) is 10.3 Å². The fourth-order valence-electron chi connectivity index (χ4n) is 4.01. The summed E-state index contributed by atoms with van der Waals surface area (Å²) in [6.45, 7) is 5.58. The van der Waals surface area contributed by atoms with Crippen LogP contribution in [0.15, 0.2) is 48.7 Å². The van der Waals surface area contributed by atoms with Crippen molar-refractivity contribution in [2.75, 3.05) is 30.4 Å². The van der Waals surface area contributed by atoms with E-state index in [9.17, 15) is 4.79 Å². The predicted octanol–water partition coefficient (Wildman–Crippen LogP) is 4.35. The van der Waals surface area contributed by atoms with E-state index in [0.29, 0.717) is 0 Å². The molecule has 0 saturated carbocycles. The fraction of sp³-hybridized carbons (Fsp3) is 0.348. The topological polar surface area (TPSA) is 79.4 Å². The molecule has 0 bridgehead atoms. The molecule has 2 unspecified atom stereocenters. The van der Waals surface area contributed by atoms with Gasteiger partial charge in [0.25, 0.3) is 0 Å². The summed E-state index contributed by atoms with van der Waals surface area (Å²) in [5.74, 6) is 0.964. The maximum absolute atomic E-state index is 12.7. The molecule has 4 rings (SSSR count). The van der Waals surface area contributed by atoms with E-state index in [2.05, 4.69) is 43.1 Å². The first-order valence-corrected chi connectivity index (χ1v) is 11.1.